The maximum Gasteiger partial charge on any atom is 0.345 e. The highest BCUT2D eigenvalue weighted by Gasteiger charge is 2.10. The Morgan fingerprint density at radius 3 is 2.46 bits per heavy atom. The molecule has 0 aliphatic heterocycles. The molecule has 0 spiro atoms. The second-order valence-corrected chi connectivity index (χ2v) is 6.66. The first-order valence-electron chi connectivity index (χ1n) is 8.50. The Balaban J connectivity index is 1.88. The van der Waals surface area contributed by atoms with Crippen LogP contribution in [0.25, 0.3) is 0 Å². The van der Waals surface area contributed by atoms with Crippen LogP contribution in [0, 0.1) is 0 Å². The van der Waals surface area contributed by atoms with Crippen molar-refractivity contribution in [3.63, 3.8) is 0 Å². The van der Waals surface area contributed by atoms with E-state index in [-0.39, 0.29) is 6.03 Å². The normalized spacial score (nSPS) is 10.7. The van der Waals surface area contributed by atoms with Crippen LogP contribution in [0.3, 0.4) is 0 Å². The van der Waals surface area contributed by atoms with Crippen molar-refractivity contribution in [2.45, 2.75) is 26.2 Å². The van der Waals surface area contributed by atoms with E-state index in [4.69, 9.17) is 21.2 Å². The second-order valence-electron chi connectivity index (χ2n) is 6.25. The number of amides is 2. The average Bonchev–Trinajstić information content (AvgIpc) is 2.63. The minimum atomic E-state index is -0.387. The van der Waals surface area contributed by atoms with E-state index in [1.807, 2.05) is 0 Å². The number of rotatable bonds is 7. The van der Waals surface area contributed by atoms with Gasteiger partial charge in [0.25, 0.3) is 0 Å². The van der Waals surface area contributed by atoms with Crippen LogP contribution in [-0.4, -0.2) is 31.9 Å². The molecule has 0 saturated carbocycles. The predicted octanol–water partition coefficient (Wildman–Crippen LogP) is 5.11. The first kappa shape index (κ1) is 20.1. The summed E-state index contributed by atoms with van der Waals surface area (Å²) >= 11 is 6.24. The molecule has 0 unspecified atom stereocenters. The Labute approximate surface area is 159 Å². The van der Waals surface area contributed by atoms with Crippen molar-refractivity contribution in [3.8, 4) is 5.75 Å². The van der Waals surface area contributed by atoms with Gasteiger partial charge >= 0.3 is 6.03 Å². The number of urea groups is 1. The molecule has 2 rings (SSSR count). The molecule has 2 aromatic rings. The quantitative estimate of drug-likeness (QED) is 0.683. The van der Waals surface area contributed by atoms with Crippen LogP contribution in [0.2, 0.25) is 5.02 Å². The van der Waals surface area contributed by atoms with Gasteiger partial charge in [-0.25, -0.2) is 9.86 Å². The summed E-state index contributed by atoms with van der Waals surface area (Å²) in [4.78, 5) is 16.6. The molecule has 0 radical (unpaired) electrons. The molecule has 0 bridgehead atoms. The fourth-order valence-corrected chi connectivity index (χ4v) is 2.56. The number of hydrogen-bond acceptors (Lipinski definition) is 3. The zero-order valence-electron chi connectivity index (χ0n) is 15.6. The van der Waals surface area contributed by atoms with Crippen LogP contribution in [-0.2, 0) is 11.3 Å². The van der Waals surface area contributed by atoms with Crippen molar-refractivity contribution in [1.29, 1.82) is 0 Å². The van der Waals surface area contributed by atoms with Gasteiger partial charge in [-0.15, -0.1) is 0 Å². The smallest absolute Gasteiger partial charge is 0.345 e. The summed E-state index contributed by atoms with van der Waals surface area (Å²) in [5.74, 6) is 1.12. The monoisotopic (exact) mass is 376 g/mol. The van der Waals surface area contributed by atoms with Crippen molar-refractivity contribution < 1.29 is 14.4 Å². The van der Waals surface area contributed by atoms with Gasteiger partial charge in [-0.1, -0.05) is 49.7 Å². The summed E-state index contributed by atoms with van der Waals surface area (Å²) in [6, 6.07) is 13.3. The van der Waals surface area contributed by atoms with Crippen LogP contribution >= 0.6 is 11.6 Å². The van der Waals surface area contributed by atoms with Crippen molar-refractivity contribution in [1.82, 2.24) is 5.06 Å². The lowest BCUT2D eigenvalue weighted by molar-refractivity contribution is -0.0598. The van der Waals surface area contributed by atoms with Crippen LogP contribution in [0.15, 0.2) is 42.5 Å². The minimum Gasteiger partial charge on any atom is -0.492 e. The van der Waals surface area contributed by atoms with Crippen molar-refractivity contribution >= 4 is 23.3 Å². The minimum absolute atomic E-state index is 0.387. The molecule has 1 N–H and O–H groups in total. The highest BCUT2D eigenvalue weighted by Crippen LogP contribution is 2.28. The van der Waals surface area contributed by atoms with E-state index in [1.54, 1.807) is 18.2 Å². The number of benzene rings is 2. The largest absolute Gasteiger partial charge is 0.492 e. The number of nitrogens with one attached hydrogen (secondary N) is 1. The zero-order chi connectivity index (χ0) is 19.1. The lowest BCUT2D eigenvalue weighted by Gasteiger charge is -2.15. The fraction of sp³-hybridized carbons (Fsp3) is 0.350. The van der Waals surface area contributed by atoms with E-state index in [0.29, 0.717) is 29.0 Å². The van der Waals surface area contributed by atoms with Gasteiger partial charge in [0.05, 0.1) is 18.7 Å². The molecule has 2 amide bonds. The topological polar surface area (TPSA) is 50.8 Å². The number of halogens is 1. The maximum atomic E-state index is 11.8. The number of hydrogen-bond donors (Lipinski definition) is 1. The van der Waals surface area contributed by atoms with Crippen LogP contribution in [0.5, 0.6) is 5.75 Å². The van der Waals surface area contributed by atoms with Gasteiger partial charge in [-0.3, -0.25) is 4.84 Å². The number of nitrogens with zero attached hydrogens (tertiary/aromatic N) is 1. The van der Waals surface area contributed by atoms with E-state index in [9.17, 15) is 4.79 Å². The summed E-state index contributed by atoms with van der Waals surface area (Å²) < 4.78 is 5.77. The molecular formula is C20H25ClN2O3. The second kappa shape index (κ2) is 9.46. The maximum absolute atomic E-state index is 11.8. The van der Waals surface area contributed by atoms with Crippen LogP contribution < -0.4 is 10.1 Å². The van der Waals surface area contributed by atoms with Gasteiger partial charge in [0.15, 0.2) is 0 Å². The van der Waals surface area contributed by atoms with Crippen LogP contribution in [0.1, 0.15) is 30.9 Å². The van der Waals surface area contributed by atoms with E-state index in [1.165, 1.54) is 25.3 Å². The van der Waals surface area contributed by atoms with Gasteiger partial charge in [0.2, 0.25) is 0 Å². The van der Waals surface area contributed by atoms with Crippen molar-refractivity contribution in [2.75, 3.05) is 26.1 Å². The Morgan fingerprint density at radius 2 is 1.88 bits per heavy atom. The summed E-state index contributed by atoms with van der Waals surface area (Å²) in [5.41, 5.74) is 3.12. The molecule has 0 atom stereocenters. The Bertz CT molecular complexity index is 732. The lowest BCUT2D eigenvalue weighted by atomic mass is 10.0. The Kier molecular flexibility index (Phi) is 7.30. The molecule has 0 heterocycles. The van der Waals surface area contributed by atoms with E-state index >= 15 is 0 Å². The number of hydroxylamine groups is 2. The highest BCUT2D eigenvalue weighted by molar-refractivity contribution is 6.32. The molecule has 0 saturated heterocycles. The summed E-state index contributed by atoms with van der Waals surface area (Å²) in [5, 5.41) is 4.21. The third-order valence-electron chi connectivity index (χ3n) is 4.04. The number of ether oxygens (including phenoxy) is 1. The molecule has 0 aliphatic rings. The van der Waals surface area contributed by atoms with Crippen molar-refractivity contribution in [2.24, 2.45) is 0 Å². The lowest BCUT2D eigenvalue weighted by Crippen LogP contribution is -2.30. The third kappa shape index (κ3) is 5.64. The zero-order valence-corrected chi connectivity index (χ0v) is 16.3. The Morgan fingerprint density at radius 1 is 1.19 bits per heavy atom. The molecular weight excluding hydrogens is 352 g/mol. The summed E-state index contributed by atoms with van der Waals surface area (Å²) in [7, 11) is 2.93. The molecule has 5 nitrogen and oxygen atoms in total. The molecule has 26 heavy (non-hydrogen) atoms. The average molecular weight is 377 g/mol. The Hall–Kier alpha value is -2.24. The first-order valence-corrected chi connectivity index (χ1v) is 8.88. The van der Waals surface area contributed by atoms with Gasteiger partial charge in [0, 0.05) is 19.2 Å². The molecule has 0 aromatic heterocycles. The number of carbonyl (C=O) groups excluding carboxylic acids is 1. The predicted molar refractivity (Wildman–Crippen MR) is 105 cm³/mol. The summed E-state index contributed by atoms with van der Waals surface area (Å²) in [6.07, 6.45) is 0.797. The fourth-order valence-electron chi connectivity index (χ4n) is 2.33. The first-order chi connectivity index (χ1) is 12.4. The van der Waals surface area contributed by atoms with Gasteiger partial charge in [-0.05, 0) is 35.2 Å². The van der Waals surface area contributed by atoms with Crippen LogP contribution in [0.4, 0.5) is 10.5 Å². The molecule has 0 fully saturated rings. The van der Waals surface area contributed by atoms with E-state index in [2.05, 4.69) is 43.4 Å². The SMILES string of the molecule is CON(C)C(=O)Nc1ccc(OCCc2ccc(C(C)C)cc2)c(Cl)c1. The van der Waals surface area contributed by atoms with E-state index in [0.717, 1.165) is 11.5 Å². The third-order valence-corrected chi connectivity index (χ3v) is 4.33. The molecule has 140 valence electrons. The van der Waals surface area contributed by atoms with Crippen molar-refractivity contribution in [3.05, 3.63) is 58.6 Å². The highest BCUT2D eigenvalue weighted by atomic mass is 35.5. The molecule has 2 aromatic carbocycles. The molecule has 0 aliphatic carbocycles. The van der Waals surface area contributed by atoms with Gasteiger partial charge < -0.3 is 10.1 Å². The van der Waals surface area contributed by atoms with Gasteiger partial charge in [0.1, 0.15) is 5.75 Å². The molecule has 6 heteroatoms. The standard InChI is InChI=1S/C20H25ClN2O3/c1-14(2)16-7-5-15(6-8-16)11-12-26-19-10-9-17(13-18(19)21)22-20(24)23(3)25-4/h5-10,13-14H,11-12H2,1-4H3,(H,22,24). The summed E-state index contributed by atoms with van der Waals surface area (Å²) in [6.45, 7) is 4.89. The number of carbonyl (C=O) groups is 1. The van der Waals surface area contributed by atoms with E-state index < -0.39 is 0 Å². The number of anilines is 1. The van der Waals surface area contributed by atoms with Gasteiger partial charge in [-0.2, -0.15) is 0 Å².